The van der Waals surface area contributed by atoms with Crippen LogP contribution < -0.4 is 0 Å². The molecule has 2 heteroatoms. The molecule has 140 valence electrons. The van der Waals surface area contributed by atoms with E-state index in [4.69, 9.17) is 4.42 Å². The molecule has 7 rings (SSSR count). The minimum atomic E-state index is 0.926. The van der Waals surface area contributed by atoms with Gasteiger partial charge in [-0.25, -0.2) is 0 Å². The van der Waals surface area contributed by atoms with Gasteiger partial charge in [0.25, 0.3) is 0 Å². The van der Waals surface area contributed by atoms with E-state index in [2.05, 4.69) is 89.9 Å². The van der Waals surface area contributed by atoms with E-state index in [1.54, 1.807) is 0 Å². The van der Waals surface area contributed by atoms with Gasteiger partial charge in [0.1, 0.15) is 11.2 Å². The average molecular weight is 383 g/mol. The number of aromatic nitrogens is 1. The zero-order chi connectivity index (χ0) is 19.7. The lowest BCUT2D eigenvalue weighted by molar-refractivity contribution is 0.670. The Balaban J connectivity index is 1.62. The first kappa shape index (κ1) is 15.8. The highest BCUT2D eigenvalue weighted by Gasteiger charge is 2.16. The summed E-state index contributed by atoms with van der Waals surface area (Å²) in [7, 11) is 0. The third kappa shape index (κ3) is 2.03. The molecule has 5 aromatic carbocycles. The maximum atomic E-state index is 6.32. The first-order valence-corrected chi connectivity index (χ1v) is 10.2. The summed E-state index contributed by atoms with van der Waals surface area (Å²) in [5, 5.41) is 7.37. The summed E-state index contributed by atoms with van der Waals surface area (Å²) in [6.07, 6.45) is 0. The van der Waals surface area contributed by atoms with Crippen molar-refractivity contribution in [1.29, 1.82) is 0 Å². The van der Waals surface area contributed by atoms with Crippen molar-refractivity contribution in [2.75, 3.05) is 0 Å². The molecule has 0 radical (unpaired) electrons. The molecule has 0 aliphatic heterocycles. The molecule has 30 heavy (non-hydrogen) atoms. The van der Waals surface area contributed by atoms with Crippen molar-refractivity contribution in [3.63, 3.8) is 0 Å². The van der Waals surface area contributed by atoms with E-state index in [1.165, 1.54) is 21.5 Å². The van der Waals surface area contributed by atoms with Crippen molar-refractivity contribution in [2.45, 2.75) is 0 Å². The van der Waals surface area contributed by atoms with Gasteiger partial charge in [-0.05, 0) is 22.9 Å². The summed E-state index contributed by atoms with van der Waals surface area (Å²) >= 11 is 0. The molecule has 2 aromatic heterocycles. The molecular formula is C28H17NO. The number of para-hydroxylation sites is 3. The Labute approximate surface area is 172 Å². The van der Waals surface area contributed by atoms with E-state index >= 15 is 0 Å². The number of nitrogens with one attached hydrogen (secondary N) is 1. The fraction of sp³-hybridized carbons (Fsp3) is 0. The Morgan fingerprint density at radius 3 is 2.20 bits per heavy atom. The molecule has 0 fully saturated rings. The highest BCUT2D eigenvalue weighted by molar-refractivity contribution is 6.23. The molecule has 7 aromatic rings. The highest BCUT2D eigenvalue weighted by atomic mass is 16.3. The van der Waals surface area contributed by atoms with Crippen LogP contribution in [0.4, 0.5) is 0 Å². The predicted molar refractivity (Wildman–Crippen MR) is 126 cm³/mol. The smallest absolute Gasteiger partial charge is 0.143 e. The molecule has 0 aliphatic rings. The third-order valence-electron chi connectivity index (χ3n) is 6.22. The molecule has 0 spiro atoms. The molecule has 0 bridgehead atoms. The first-order chi connectivity index (χ1) is 14.9. The lowest BCUT2D eigenvalue weighted by atomic mass is 9.98. The standard InChI is InChI=1S/C28H17NO/c1-2-8-18-17(7-1)15-16-24-26(18)23-13-5-10-20(27(23)29-24)22-12-6-11-21-19-9-3-4-14-25(19)30-28(21)22/h1-16,29H. The maximum Gasteiger partial charge on any atom is 0.143 e. The van der Waals surface area contributed by atoms with Crippen LogP contribution in [0.2, 0.25) is 0 Å². The Morgan fingerprint density at radius 1 is 0.533 bits per heavy atom. The van der Waals surface area contributed by atoms with Gasteiger partial charge in [0.15, 0.2) is 0 Å². The van der Waals surface area contributed by atoms with Crippen LogP contribution in [0.5, 0.6) is 0 Å². The van der Waals surface area contributed by atoms with Crippen molar-refractivity contribution >= 4 is 54.5 Å². The summed E-state index contributed by atoms with van der Waals surface area (Å²) in [4.78, 5) is 3.69. The normalized spacial score (nSPS) is 12.0. The van der Waals surface area contributed by atoms with Crippen molar-refractivity contribution < 1.29 is 4.42 Å². The third-order valence-corrected chi connectivity index (χ3v) is 6.22. The first-order valence-electron chi connectivity index (χ1n) is 10.2. The SMILES string of the molecule is c1ccc2c(c1)ccc1[nH]c3c(-c4cccc5c4oc4ccccc45)cccc3c12. The van der Waals surface area contributed by atoms with Gasteiger partial charge in [0, 0.05) is 38.2 Å². The summed E-state index contributed by atoms with van der Waals surface area (Å²) in [5.41, 5.74) is 6.46. The fourth-order valence-electron chi connectivity index (χ4n) is 4.88. The predicted octanol–water partition coefficient (Wildman–Crippen LogP) is 8.04. The van der Waals surface area contributed by atoms with Crippen LogP contribution in [0.3, 0.4) is 0 Å². The van der Waals surface area contributed by atoms with Crippen molar-refractivity contribution in [2.24, 2.45) is 0 Å². The number of benzene rings is 5. The van der Waals surface area contributed by atoms with Gasteiger partial charge in [-0.3, -0.25) is 0 Å². The monoisotopic (exact) mass is 383 g/mol. The summed E-state index contributed by atoms with van der Waals surface area (Å²) in [6, 6.07) is 34.2. The number of aromatic amines is 1. The second-order valence-corrected chi connectivity index (χ2v) is 7.84. The van der Waals surface area contributed by atoms with E-state index < -0.39 is 0 Å². The zero-order valence-electron chi connectivity index (χ0n) is 16.1. The number of fused-ring (bicyclic) bond motifs is 8. The molecule has 0 aliphatic carbocycles. The van der Waals surface area contributed by atoms with Gasteiger partial charge in [-0.15, -0.1) is 0 Å². The van der Waals surface area contributed by atoms with E-state index in [1.807, 2.05) is 12.1 Å². The summed E-state index contributed by atoms with van der Waals surface area (Å²) < 4.78 is 6.32. The number of hydrogen-bond donors (Lipinski definition) is 1. The van der Waals surface area contributed by atoms with Crippen LogP contribution >= 0.6 is 0 Å². The van der Waals surface area contributed by atoms with Gasteiger partial charge < -0.3 is 9.40 Å². The Hall–Kier alpha value is -4.04. The average Bonchev–Trinajstić information content (AvgIpc) is 3.37. The summed E-state index contributed by atoms with van der Waals surface area (Å²) in [5.74, 6) is 0. The topological polar surface area (TPSA) is 28.9 Å². The lowest BCUT2D eigenvalue weighted by Gasteiger charge is -2.05. The molecule has 0 unspecified atom stereocenters. The van der Waals surface area contributed by atoms with Gasteiger partial charge >= 0.3 is 0 Å². The van der Waals surface area contributed by atoms with E-state index in [-0.39, 0.29) is 0 Å². The molecular weight excluding hydrogens is 366 g/mol. The van der Waals surface area contributed by atoms with Crippen molar-refractivity contribution in [3.8, 4) is 11.1 Å². The lowest BCUT2D eigenvalue weighted by Crippen LogP contribution is -1.81. The van der Waals surface area contributed by atoms with E-state index in [0.717, 1.165) is 44.1 Å². The summed E-state index contributed by atoms with van der Waals surface area (Å²) in [6.45, 7) is 0. The van der Waals surface area contributed by atoms with E-state index in [9.17, 15) is 0 Å². The molecule has 0 atom stereocenters. The largest absolute Gasteiger partial charge is 0.455 e. The second kappa shape index (κ2) is 5.74. The van der Waals surface area contributed by atoms with Crippen LogP contribution in [0.25, 0.3) is 65.6 Å². The number of furan rings is 1. The fourth-order valence-corrected chi connectivity index (χ4v) is 4.88. The molecule has 1 N–H and O–H groups in total. The molecule has 0 saturated heterocycles. The Kier molecular flexibility index (Phi) is 3.03. The van der Waals surface area contributed by atoms with Crippen LogP contribution in [0, 0.1) is 0 Å². The second-order valence-electron chi connectivity index (χ2n) is 7.84. The van der Waals surface area contributed by atoms with E-state index in [0.29, 0.717) is 0 Å². The van der Waals surface area contributed by atoms with Crippen LogP contribution in [0.1, 0.15) is 0 Å². The van der Waals surface area contributed by atoms with Crippen LogP contribution in [-0.2, 0) is 0 Å². The minimum absolute atomic E-state index is 0.926. The zero-order valence-corrected chi connectivity index (χ0v) is 16.1. The Bertz CT molecular complexity index is 1750. The Morgan fingerprint density at radius 2 is 1.27 bits per heavy atom. The van der Waals surface area contributed by atoms with Crippen LogP contribution in [-0.4, -0.2) is 4.98 Å². The minimum Gasteiger partial charge on any atom is -0.455 e. The maximum absolute atomic E-state index is 6.32. The quantitative estimate of drug-likeness (QED) is 0.305. The van der Waals surface area contributed by atoms with Crippen molar-refractivity contribution in [1.82, 2.24) is 4.98 Å². The van der Waals surface area contributed by atoms with Gasteiger partial charge in [0.05, 0.1) is 5.52 Å². The number of hydrogen-bond acceptors (Lipinski definition) is 1. The van der Waals surface area contributed by atoms with Gasteiger partial charge in [0.2, 0.25) is 0 Å². The molecule has 0 amide bonds. The molecule has 2 nitrogen and oxygen atoms in total. The molecule has 0 saturated carbocycles. The molecule has 2 heterocycles. The number of H-pyrrole nitrogens is 1. The van der Waals surface area contributed by atoms with Gasteiger partial charge in [-0.2, -0.15) is 0 Å². The van der Waals surface area contributed by atoms with Crippen LogP contribution in [0.15, 0.2) is 101 Å². The van der Waals surface area contributed by atoms with Gasteiger partial charge in [-0.1, -0.05) is 84.9 Å². The highest BCUT2D eigenvalue weighted by Crippen LogP contribution is 2.40. The number of rotatable bonds is 1. The van der Waals surface area contributed by atoms with Crippen molar-refractivity contribution in [3.05, 3.63) is 97.1 Å².